The van der Waals surface area contributed by atoms with Crippen LogP contribution in [0.4, 0.5) is 9.18 Å². The topological polar surface area (TPSA) is 52.7 Å². The molecule has 132 valence electrons. The van der Waals surface area contributed by atoms with E-state index in [0.717, 1.165) is 31.2 Å². The van der Waals surface area contributed by atoms with Gasteiger partial charge in [-0.1, -0.05) is 12.1 Å². The van der Waals surface area contributed by atoms with Gasteiger partial charge in [0.1, 0.15) is 5.82 Å². The summed E-state index contributed by atoms with van der Waals surface area (Å²) in [6, 6.07) is 6.40. The van der Waals surface area contributed by atoms with Gasteiger partial charge in [0.15, 0.2) is 0 Å². The highest BCUT2D eigenvalue weighted by atomic mass is 19.1. The maximum atomic E-state index is 12.8. The summed E-state index contributed by atoms with van der Waals surface area (Å²) in [5.41, 5.74) is 1.06. The van der Waals surface area contributed by atoms with Gasteiger partial charge in [0.25, 0.3) is 0 Å². The molecule has 0 spiro atoms. The summed E-state index contributed by atoms with van der Waals surface area (Å²) in [4.78, 5) is 27.6. The van der Waals surface area contributed by atoms with Crippen LogP contribution in [0.3, 0.4) is 0 Å². The highest BCUT2D eigenvalue weighted by Crippen LogP contribution is 2.17. The lowest BCUT2D eigenvalue weighted by atomic mass is 9.97. The normalized spacial score (nSPS) is 17.5. The van der Waals surface area contributed by atoms with E-state index in [4.69, 9.17) is 0 Å². The minimum atomic E-state index is -0.235. The molecule has 1 aromatic rings. The molecule has 0 radical (unpaired) electrons. The molecule has 3 amide bonds. The van der Waals surface area contributed by atoms with Crippen molar-refractivity contribution in [3.8, 4) is 0 Å². The van der Waals surface area contributed by atoms with Crippen LogP contribution >= 0.6 is 0 Å². The number of carbonyl (C=O) groups is 2. The molecule has 0 aromatic heterocycles. The van der Waals surface area contributed by atoms with Crippen LogP contribution in [0.5, 0.6) is 0 Å². The molecule has 24 heavy (non-hydrogen) atoms. The van der Waals surface area contributed by atoms with Crippen LogP contribution in [0.1, 0.15) is 24.8 Å². The fraction of sp³-hybridized carbons (Fsp3) is 0.556. The number of rotatable bonds is 5. The van der Waals surface area contributed by atoms with E-state index >= 15 is 0 Å². The Morgan fingerprint density at radius 2 is 2.00 bits per heavy atom. The minimum absolute atomic E-state index is 0.0189. The predicted molar refractivity (Wildman–Crippen MR) is 91.1 cm³/mol. The molecule has 0 unspecified atom stereocenters. The van der Waals surface area contributed by atoms with Gasteiger partial charge < -0.3 is 15.1 Å². The Morgan fingerprint density at radius 3 is 2.67 bits per heavy atom. The molecule has 1 N–H and O–H groups in total. The molecule has 1 fully saturated rings. The van der Waals surface area contributed by atoms with E-state index in [1.54, 1.807) is 36.0 Å². The molecule has 1 aliphatic heterocycles. The highest BCUT2D eigenvalue weighted by Gasteiger charge is 2.28. The van der Waals surface area contributed by atoms with E-state index in [1.807, 2.05) is 0 Å². The fourth-order valence-corrected chi connectivity index (χ4v) is 2.95. The number of nitrogens with one attached hydrogen (secondary N) is 1. The van der Waals surface area contributed by atoms with Gasteiger partial charge in [-0.25, -0.2) is 9.18 Å². The van der Waals surface area contributed by atoms with E-state index in [-0.39, 0.29) is 23.7 Å². The van der Waals surface area contributed by atoms with E-state index in [1.165, 1.54) is 12.1 Å². The average Bonchev–Trinajstić information content (AvgIpc) is 2.59. The van der Waals surface area contributed by atoms with Crippen molar-refractivity contribution in [2.45, 2.75) is 25.7 Å². The number of urea groups is 1. The number of carbonyl (C=O) groups excluding carboxylic acids is 2. The first-order valence-electron chi connectivity index (χ1n) is 8.45. The van der Waals surface area contributed by atoms with Crippen LogP contribution in [0.2, 0.25) is 0 Å². The number of nitrogens with zero attached hydrogens (tertiary/aromatic N) is 2. The smallest absolute Gasteiger partial charge is 0.319 e. The van der Waals surface area contributed by atoms with Gasteiger partial charge in [-0.2, -0.15) is 0 Å². The minimum Gasteiger partial charge on any atom is -0.356 e. The molecule has 0 bridgehead atoms. The molecule has 1 heterocycles. The SMILES string of the molecule is CN(C)C(=O)N1CCC[C@@H](C(=O)NCCCc2ccc(F)cc2)C1. The van der Waals surface area contributed by atoms with Gasteiger partial charge in [0.05, 0.1) is 5.92 Å². The van der Waals surface area contributed by atoms with Crippen molar-refractivity contribution in [1.29, 1.82) is 0 Å². The fourth-order valence-electron chi connectivity index (χ4n) is 2.95. The molecule has 1 saturated heterocycles. The lowest BCUT2D eigenvalue weighted by molar-refractivity contribution is -0.126. The van der Waals surface area contributed by atoms with Crippen LogP contribution in [-0.2, 0) is 11.2 Å². The van der Waals surface area contributed by atoms with Crippen molar-refractivity contribution < 1.29 is 14.0 Å². The molecule has 1 atom stereocenters. The Balaban J connectivity index is 1.71. The summed E-state index contributed by atoms with van der Waals surface area (Å²) in [5, 5.41) is 2.96. The third kappa shape index (κ3) is 5.22. The maximum Gasteiger partial charge on any atom is 0.319 e. The highest BCUT2D eigenvalue weighted by molar-refractivity contribution is 5.80. The van der Waals surface area contributed by atoms with Gasteiger partial charge in [-0.3, -0.25) is 4.79 Å². The van der Waals surface area contributed by atoms with Crippen molar-refractivity contribution in [2.75, 3.05) is 33.7 Å². The second-order valence-corrected chi connectivity index (χ2v) is 6.48. The first-order valence-corrected chi connectivity index (χ1v) is 8.45. The maximum absolute atomic E-state index is 12.8. The molecule has 1 aromatic carbocycles. The van der Waals surface area contributed by atoms with Crippen LogP contribution in [0.15, 0.2) is 24.3 Å². The van der Waals surface area contributed by atoms with E-state index in [0.29, 0.717) is 19.6 Å². The van der Waals surface area contributed by atoms with Crippen molar-refractivity contribution in [3.05, 3.63) is 35.6 Å². The molecule has 1 aliphatic rings. The second-order valence-electron chi connectivity index (χ2n) is 6.48. The van der Waals surface area contributed by atoms with Gasteiger partial charge >= 0.3 is 6.03 Å². The Morgan fingerprint density at radius 1 is 1.29 bits per heavy atom. The zero-order chi connectivity index (χ0) is 17.5. The van der Waals surface area contributed by atoms with E-state index in [9.17, 15) is 14.0 Å². The molecular formula is C18H26FN3O2. The number of aryl methyl sites for hydroxylation is 1. The summed E-state index contributed by atoms with van der Waals surface area (Å²) in [5.74, 6) is -0.347. The predicted octanol–water partition coefficient (Wildman–Crippen LogP) is 2.27. The van der Waals surface area contributed by atoms with Gasteiger partial charge in [0.2, 0.25) is 5.91 Å². The van der Waals surface area contributed by atoms with Gasteiger partial charge in [0, 0.05) is 33.7 Å². The Bertz CT molecular complexity index is 560. The van der Waals surface area contributed by atoms with Crippen LogP contribution in [0, 0.1) is 11.7 Å². The largest absolute Gasteiger partial charge is 0.356 e. The first-order chi connectivity index (χ1) is 11.5. The summed E-state index contributed by atoms with van der Waals surface area (Å²) in [6.45, 7) is 1.79. The van der Waals surface area contributed by atoms with Crippen LogP contribution in [0.25, 0.3) is 0 Å². The monoisotopic (exact) mass is 335 g/mol. The molecular weight excluding hydrogens is 309 g/mol. The first kappa shape index (κ1) is 18.2. The third-order valence-electron chi connectivity index (χ3n) is 4.30. The third-order valence-corrected chi connectivity index (χ3v) is 4.30. The van der Waals surface area contributed by atoms with Gasteiger partial charge in [-0.15, -0.1) is 0 Å². The molecule has 0 aliphatic carbocycles. The average molecular weight is 335 g/mol. The zero-order valence-electron chi connectivity index (χ0n) is 14.4. The van der Waals surface area contributed by atoms with Crippen molar-refractivity contribution in [1.82, 2.24) is 15.1 Å². The van der Waals surface area contributed by atoms with E-state index in [2.05, 4.69) is 5.32 Å². The molecule has 5 nitrogen and oxygen atoms in total. The van der Waals surface area contributed by atoms with Crippen molar-refractivity contribution in [3.63, 3.8) is 0 Å². The molecule has 0 saturated carbocycles. The zero-order valence-corrected chi connectivity index (χ0v) is 14.4. The van der Waals surface area contributed by atoms with Crippen molar-refractivity contribution in [2.24, 2.45) is 5.92 Å². The molecule has 2 rings (SSSR count). The number of hydrogen-bond acceptors (Lipinski definition) is 2. The lowest BCUT2D eigenvalue weighted by Crippen LogP contribution is -2.48. The summed E-state index contributed by atoms with van der Waals surface area (Å²) in [7, 11) is 3.45. The van der Waals surface area contributed by atoms with Crippen molar-refractivity contribution >= 4 is 11.9 Å². The number of benzene rings is 1. The lowest BCUT2D eigenvalue weighted by Gasteiger charge is -2.33. The second kappa shape index (κ2) is 8.66. The quantitative estimate of drug-likeness (QED) is 0.839. The standard InChI is InChI=1S/C18H26FN3O2/c1-21(2)18(24)22-12-4-6-15(13-22)17(23)20-11-3-5-14-7-9-16(19)10-8-14/h7-10,15H,3-6,11-13H2,1-2H3,(H,20,23)/t15-/m1/s1. The summed E-state index contributed by atoms with van der Waals surface area (Å²) in [6.07, 6.45) is 3.29. The number of hydrogen-bond donors (Lipinski definition) is 1. The van der Waals surface area contributed by atoms with Crippen LogP contribution in [-0.4, -0.2) is 55.5 Å². The van der Waals surface area contributed by atoms with E-state index < -0.39 is 0 Å². The summed E-state index contributed by atoms with van der Waals surface area (Å²) < 4.78 is 12.8. The Labute approximate surface area is 142 Å². The number of likely N-dealkylation sites (tertiary alicyclic amines) is 1. The summed E-state index contributed by atoms with van der Waals surface area (Å²) >= 11 is 0. The Hall–Kier alpha value is -2.11. The number of amides is 3. The Kier molecular flexibility index (Phi) is 6.58. The van der Waals surface area contributed by atoms with Gasteiger partial charge in [-0.05, 0) is 43.4 Å². The number of halogens is 1. The molecule has 6 heteroatoms. The number of piperidine rings is 1. The van der Waals surface area contributed by atoms with Crippen LogP contribution < -0.4 is 5.32 Å².